The van der Waals surface area contributed by atoms with E-state index >= 15 is 0 Å². The molecule has 0 atom stereocenters. The van der Waals surface area contributed by atoms with E-state index in [1.54, 1.807) is 0 Å². The van der Waals surface area contributed by atoms with Crippen LogP contribution in [0, 0.1) is 12.3 Å². The number of terminal acetylenes is 1. The van der Waals surface area contributed by atoms with Crippen LogP contribution >= 0.6 is 0 Å². The largest absolute Gasteiger partial charge is 0.120 e. The zero-order valence-electron chi connectivity index (χ0n) is 9.11. The molecule has 0 aliphatic carbocycles. The summed E-state index contributed by atoms with van der Waals surface area (Å²) in [6, 6.07) is 8.32. The fourth-order valence-corrected chi connectivity index (χ4v) is 1.42. The lowest BCUT2D eigenvalue weighted by molar-refractivity contribution is 1.17. The average Bonchev–Trinajstić information content (AvgIpc) is 2.27. The Morgan fingerprint density at radius 1 is 1.20 bits per heavy atom. The molecule has 1 aromatic rings. The van der Waals surface area contributed by atoms with E-state index in [0.717, 1.165) is 6.42 Å². The van der Waals surface area contributed by atoms with Gasteiger partial charge in [0.1, 0.15) is 0 Å². The molecular weight excluding hydrogens is 180 g/mol. The topological polar surface area (TPSA) is 0 Å². The molecule has 1 aromatic carbocycles. The quantitative estimate of drug-likeness (QED) is 0.510. The number of hydrogen-bond donors (Lipinski definition) is 0. The maximum absolute atomic E-state index is 5.33. The van der Waals surface area contributed by atoms with Gasteiger partial charge in [-0.05, 0) is 24.5 Å². The van der Waals surface area contributed by atoms with Crippen LogP contribution in [-0.4, -0.2) is 0 Å². The van der Waals surface area contributed by atoms with Crippen LogP contribution in [0.4, 0.5) is 0 Å². The highest BCUT2D eigenvalue weighted by molar-refractivity contribution is 5.31. The van der Waals surface area contributed by atoms with Gasteiger partial charge in [0.15, 0.2) is 0 Å². The molecule has 0 amide bonds. The number of rotatable bonds is 4. The predicted molar refractivity (Wildman–Crippen MR) is 66.6 cm³/mol. The zero-order valence-corrected chi connectivity index (χ0v) is 9.11. The first-order chi connectivity index (χ1) is 7.38. The van der Waals surface area contributed by atoms with Gasteiger partial charge in [0.25, 0.3) is 0 Å². The van der Waals surface area contributed by atoms with Crippen LogP contribution in [0.5, 0.6) is 0 Å². The van der Waals surface area contributed by atoms with Crippen LogP contribution in [0.1, 0.15) is 18.1 Å². The van der Waals surface area contributed by atoms with Crippen LogP contribution in [0.2, 0.25) is 0 Å². The van der Waals surface area contributed by atoms with E-state index in [4.69, 9.17) is 6.42 Å². The lowest BCUT2D eigenvalue weighted by Gasteiger charge is -2.03. The second kappa shape index (κ2) is 6.68. The van der Waals surface area contributed by atoms with Gasteiger partial charge in [0.05, 0.1) is 0 Å². The van der Waals surface area contributed by atoms with Gasteiger partial charge in [-0.2, -0.15) is 0 Å². The van der Waals surface area contributed by atoms with Crippen molar-refractivity contribution >= 4 is 0 Å². The van der Waals surface area contributed by atoms with E-state index < -0.39 is 0 Å². The molecule has 0 aliphatic rings. The third-order valence-electron chi connectivity index (χ3n) is 2.19. The van der Waals surface area contributed by atoms with Gasteiger partial charge in [-0.25, -0.2) is 0 Å². The fraction of sp³-hybridized carbons (Fsp3) is 0.200. The molecule has 15 heavy (non-hydrogen) atoms. The van der Waals surface area contributed by atoms with Crippen molar-refractivity contribution in [2.45, 2.75) is 19.8 Å². The number of allylic oxidation sites excluding steroid dienone is 4. The summed E-state index contributed by atoms with van der Waals surface area (Å²) in [6.07, 6.45) is 15.2. The number of benzene rings is 1. The van der Waals surface area contributed by atoms with Gasteiger partial charge in [-0.1, -0.05) is 48.6 Å². The Hall–Kier alpha value is -1.74. The summed E-state index contributed by atoms with van der Waals surface area (Å²) in [5, 5.41) is 0. The zero-order chi connectivity index (χ0) is 10.9. The molecular formula is C15H16. The normalized spacial score (nSPS) is 10.9. The summed E-state index contributed by atoms with van der Waals surface area (Å²) < 4.78 is 0. The molecule has 0 saturated heterocycles. The first-order valence-electron chi connectivity index (χ1n) is 5.16. The molecule has 1 rings (SSSR count). The van der Waals surface area contributed by atoms with Crippen LogP contribution in [0.25, 0.3) is 0 Å². The summed E-state index contributed by atoms with van der Waals surface area (Å²) in [4.78, 5) is 0. The lowest BCUT2D eigenvalue weighted by Crippen LogP contribution is -1.90. The van der Waals surface area contributed by atoms with Gasteiger partial charge in [0.2, 0.25) is 0 Å². The molecule has 0 saturated carbocycles. The van der Waals surface area contributed by atoms with Crippen molar-refractivity contribution in [3.05, 3.63) is 59.7 Å². The minimum absolute atomic E-state index is 0.716. The molecule has 0 radical (unpaired) electrons. The number of hydrogen-bond acceptors (Lipinski definition) is 0. The monoisotopic (exact) mass is 196 g/mol. The van der Waals surface area contributed by atoms with Crippen LogP contribution in [0.15, 0.2) is 48.6 Å². The molecule has 0 unspecified atom stereocenters. The molecule has 0 spiro atoms. The second-order valence-corrected chi connectivity index (χ2v) is 3.31. The second-order valence-electron chi connectivity index (χ2n) is 3.31. The van der Waals surface area contributed by atoms with Crippen LogP contribution in [-0.2, 0) is 12.8 Å². The molecule has 0 heteroatoms. The average molecular weight is 196 g/mol. The molecule has 0 aromatic heterocycles. The van der Waals surface area contributed by atoms with Crippen LogP contribution in [0.3, 0.4) is 0 Å². The van der Waals surface area contributed by atoms with Gasteiger partial charge < -0.3 is 0 Å². The van der Waals surface area contributed by atoms with Gasteiger partial charge in [-0.3, -0.25) is 0 Å². The fourth-order valence-electron chi connectivity index (χ4n) is 1.42. The van der Waals surface area contributed by atoms with Crippen molar-refractivity contribution in [3.8, 4) is 12.3 Å². The minimum Gasteiger partial charge on any atom is -0.120 e. The predicted octanol–water partition coefficient (Wildman–Crippen LogP) is 3.54. The Morgan fingerprint density at radius 2 is 1.93 bits per heavy atom. The van der Waals surface area contributed by atoms with E-state index in [-0.39, 0.29) is 0 Å². The van der Waals surface area contributed by atoms with Crippen molar-refractivity contribution < 1.29 is 0 Å². The molecule has 0 bridgehead atoms. The summed E-state index contributed by atoms with van der Waals surface area (Å²) in [7, 11) is 0. The third-order valence-corrected chi connectivity index (χ3v) is 2.19. The molecule has 0 heterocycles. The van der Waals surface area contributed by atoms with E-state index in [0.29, 0.717) is 6.42 Å². The molecule has 0 nitrogen and oxygen atoms in total. The van der Waals surface area contributed by atoms with Crippen molar-refractivity contribution in [3.63, 3.8) is 0 Å². The van der Waals surface area contributed by atoms with E-state index in [1.165, 1.54) is 11.1 Å². The Bertz CT molecular complexity index is 389. The Balaban J connectivity index is 2.71. The van der Waals surface area contributed by atoms with Crippen molar-refractivity contribution in [1.29, 1.82) is 0 Å². The lowest BCUT2D eigenvalue weighted by atomic mass is 10.0. The van der Waals surface area contributed by atoms with E-state index in [9.17, 15) is 0 Å². The van der Waals surface area contributed by atoms with E-state index in [1.807, 2.05) is 25.1 Å². The highest BCUT2D eigenvalue weighted by atomic mass is 14.0. The standard InChI is InChI=1S/C15H16/c1-3-5-6-7-11-15-13-9-8-12-14(15)10-4-2/h2-3,5-9,12-13H,10-11H2,1H3/b5-3+,7-6+. The van der Waals surface area contributed by atoms with Crippen molar-refractivity contribution in [2.75, 3.05) is 0 Å². The first kappa shape index (κ1) is 11.3. The van der Waals surface area contributed by atoms with Crippen molar-refractivity contribution in [2.24, 2.45) is 0 Å². The van der Waals surface area contributed by atoms with Gasteiger partial charge >= 0.3 is 0 Å². The SMILES string of the molecule is C#CCc1ccccc1C/C=C/C=C/C. The maximum Gasteiger partial charge on any atom is 0.0340 e. The summed E-state index contributed by atoms with van der Waals surface area (Å²) >= 11 is 0. The Morgan fingerprint density at radius 3 is 2.60 bits per heavy atom. The Kier molecular flexibility index (Phi) is 5.04. The third kappa shape index (κ3) is 3.87. The molecule has 0 aliphatic heterocycles. The molecule has 76 valence electrons. The minimum atomic E-state index is 0.716. The summed E-state index contributed by atoms with van der Waals surface area (Å²) in [5.41, 5.74) is 2.57. The van der Waals surface area contributed by atoms with Gasteiger partial charge in [-0.15, -0.1) is 12.3 Å². The van der Waals surface area contributed by atoms with Crippen molar-refractivity contribution in [1.82, 2.24) is 0 Å². The Labute approximate surface area is 92.3 Å². The summed E-state index contributed by atoms with van der Waals surface area (Å²) in [6.45, 7) is 2.01. The van der Waals surface area contributed by atoms with Crippen LogP contribution < -0.4 is 0 Å². The summed E-state index contributed by atoms with van der Waals surface area (Å²) in [5.74, 6) is 2.69. The van der Waals surface area contributed by atoms with Gasteiger partial charge in [0, 0.05) is 6.42 Å². The molecule has 0 fully saturated rings. The first-order valence-corrected chi connectivity index (χ1v) is 5.16. The maximum atomic E-state index is 5.33. The molecule has 0 N–H and O–H groups in total. The van der Waals surface area contributed by atoms with E-state index in [2.05, 4.69) is 36.3 Å². The smallest absolute Gasteiger partial charge is 0.0340 e. The highest BCUT2D eigenvalue weighted by Gasteiger charge is 1.96. The highest BCUT2D eigenvalue weighted by Crippen LogP contribution is 2.10.